The van der Waals surface area contributed by atoms with Gasteiger partial charge in [0.15, 0.2) is 11.1 Å². The summed E-state index contributed by atoms with van der Waals surface area (Å²) in [6.45, 7) is 5.79. The first-order chi connectivity index (χ1) is 13.0. The minimum Gasteiger partial charge on any atom is -0.370 e. The molecule has 4 rings (SSSR count). The summed E-state index contributed by atoms with van der Waals surface area (Å²) in [5, 5.41) is 0.977. The van der Waals surface area contributed by atoms with Crippen LogP contribution in [0.5, 0.6) is 0 Å². The molecule has 0 amide bonds. The molecular formula is C22H25N2O2S+. The highest BCUT2D eigenvalue weighted by Gasteiger charge is 2.30. The van der Waals surface area contributed by atoms with Crippen molar-refractivity contribution in [2.75, 3.05) is 18.0 Å². The van der Waals surface area contributed by atoms with Crippen LogP contribution >= 0.6 is 0 Å². The molecule has 27 heavy (non-hydrogen) atoms. The van der Waals surface area contributed by atoms with Crippen molar-refractivity contribution in [2.24, 2.45) is 0 Å². The van der Waals surface area contributed by atoms with Crippen LogP contribution < -0.4 is 9.88 Å². The second kappa shape index (κ2) is 6.97. The first-order valence-electron chi connectivity index (χ1n) is 9.48. The van der Waals surface area contributed by atoms with Crippen molar-refractivity contribution < 1.29 is 13.4 Å². The van der Waals surface area contributed by atoms with E-state index < -0.39 is 9.84 Å². The molecule has 5 heteroatoms. The molecule has 1 aromatic heterocycles. The first-order valence-corrected chi connectivity index (χ1v) is 11.0. The number of hydrogen-bond acceptors (Lipinski definition) is 3. The maximum atomic E-state index is 13.5. The molecule has 1 N–H and O–H groups in total. The maximum Gasteiger partial charge on any atom is 0.214 e. The summed E-state index contributed by atoms with van der Waals surface area (Å²) in [5.74, 6) is 0. The molecule has 1 aliphatic rings. The molecule has 2 aromatic carbocycles. The second-order valence-corrected chi connectivity index (χ2v) is 9.33. The number of H-pyrrole nitrogens is 1. The summed E-state index contributed by atoms with van der Waals surface area (Å²) in [7, 11) is -3.61. The van der Waals surface area contributed by atoms with Crippen LogP contribution in [0.25, 0.3) is 10.9 Å². The van der Waals surface area contributed by atoms with Crippen molar-refractivity contribution in [1.82, 2.24) is 0 Å². The summed E-state index contributed by atoms with van der Waals surface area (Å²) in [6, 6.07) is 13.3. The lowest BCUT2D eigenvalue weighted by atomic mass is 10.1. The fourth-order valence-corrected chi connectivity index (χ4v) is 5.27. The van der Waals surface area contributed by atoms with Crippen LogP contribution in [0, 0.1) is 13.8 Å². The van der Waals surface area contributed by atoms with Gasteiger partial charge in [0.25, 0.3) is 0 Å². The third-order valence-corrected chi connectivity index (χ3v) is 7.10. The average Bonchev–Trinajstić information content (AvgIpc) is 2.68. The van der Waals surface area contributed by atoms with Gasteiger partial charge in [0.05, 0.1) is 16.0 Å². The minimum absolute atomic E-state index is 0.340. The lowest BCUT2D eigenvalue weighted by Gasteiger charge is -2.30. The number of hydrogen-bond donors (Lipinski definition) is 0. The van der Waals surface area contributed by atoms with Gasteiger partial charge in [0.1, 0.15) is 0 Å². The number of piperidine rings is 1. The van der Waals surface area contributed by atoms with E-state index in [1.54, 1.807) is 18.3 Å². The third kappa shape index (κ3) is 3.32. The summed E-state index contributed by atoms with van der Waals surface area (Å²) < 4.78 is 27.0. The van der Waals surface area contributed by atoms with E-state index >= 15 is 0 Å². The number of benzene rings is 2. The molecule has 0 radical (unpaired) electrons. The van der Waals surface area contributed by atoms with Crippen molar-refractivity contribution in [1.29, 1.82) is 0 Å². The van der Waals surface area contributed by atoms with Crippen LogP contribution in [0.15, 0.2) is 58.5 Å². The van der Waals surface area contributed by atoms with Gasteiger partial charge in [-0.2, -0.15) is 0 Å². The average molecular weight is 382 g/mol. The van der Waals surface area contributed by atoms with E-state index in [1.807, 2.05) is 38.1 Å². The van der Waals surface area contributed by atoms with Gasteiger partial charge in [-0.05, 0) is 56.9 Å². The molecule has 3 aromatic rings. The van der Waals surface area contributed by atoms with Crippen LogP contribution in [0.1, 0.15) is 30.4 Å². The predicted molar refractivity (Wildman–Crippen MR) is 108 cm³/mol. The Morgan fingerprint density at radius 1 is 0.889 bits per heavy atom. The van der Waals surface area contributed by atoms with E-state index in [0.29, 0.717) is 9.79 Å². The zero-order chi connectivity index (χ0) is 19.0. The van der Waals surface area contributed by atoms with Crippen LogP contribution in [0.4, 0.5) is 5.69 Å². The summed E-state index contributed by atoms with van der Waals surface area (Å²) >= 11 is 0. The molecule has 0 atom stereocenters. The predicted octanol–water partition coefficient (Wildman–Crippen LogP) is 4.09. The number of nitrogens with zero attached hydrogens (tertiary/aromatic N) is 1. The Hall–Kier alpha value is -2.40. The molecule has 0 bridgehead atoms. The van der Waals surface area contributed by atoms with E-state index in [1.165, 1.54) is 6.42 Å². The topological polar surface area (TPSA) is 51.5 Å². The molecule has 4 nitrogen and oxygen atoms in total. The quantitative estimate of drug-likeness (QED) is 0.686. The highest BCUT2D eigenvalue weighted by molar-refractivity contribution is 7.91. The first kappa shape index (κ1) is 18.0. The Kier molecular flexibility index (Phi) is 4.64. The Morgan fingerprint density at radius 2 is 1.56 bits per heavy atom. The highest BCUT2D eigenvalue weighted by atomic mass is 32.2. The summed E-state index contributed by atoms with van der Waals surface area (Å²) in [5.41, 5.74) is 3.97. The van der Waals surface area contributed by atoms with Gasteiger partial charge in [0.2, 0.25) is 15.4 Å². The van der Waals surface area contributed by atoms with Gasteiger partial charge in [-0.3, -0.25) is 0 Å². The number of aromatic nitrogens is 1. The number of nitrogens with one attached hydrogen (secondary N) is 1. The number of aryl methyl sites for hydroxylation is 2. The third-order valence-electron chi connectivity index (χ3n) is 5.32. The number of fused-ring (bicyclic) bond motifs is 1. The van der Waals surface area contributed by atoms with Crippen LogP contribution in [-0.2, 0) is 9.84 Å². The smallest absolute Gasteiger partial charge is 0.214 e. The summed E-state index contributed by atoms with van der Waals surface area (Å²) in [6.07, 6.45) is 5.05. The van der Waals surface area contributed by atoms with Crippen molar-refractivity contribution in [2.45, 2.75) is 42.9 Å². The molecule has 2 heterocycles. The molecule has 0 saturated carbocycles. The van der Waals surface area contributed by atoms with E-state index in [-0.39, 0.29) is 0 Å². The molecular weight excluding hydrogens is 356 g/mol. The SMILES string of the molecule is Cc1ccc(S(=O)(=O)c2c[nH+]c3ccc(C)cc3c2N2CCCCC2)cc1. The lowest BCUT2D eigenvalue weighted by Crippen LogP contribution is -2.31. The highest BCUT2D eigenvalue weighted by Crippen LogP contribution is 2.36. The van der Waals surface area contributed by atoms with Crippen LogP contribution in [0.2, 0.25) is 0 Å². The van der Waals surface area contributed by atoms with Gasteiger partial charge < -0.3 is 4.90 Å². The summed E-state index contributed by atoms with van der Waals surface area (Å²) in [4.78, 5) is 6.16. The normalized spacial score (nSPS) is 15.3. The fourth-order valence-electron chi connectivity index (χ4n) is 3.82. The lowest BCUT2D eigenvalue weighted by molar-refractivity contribution is -0.347. The van der Waals surface area contributed by atoms with Gasteiger partial charge in [-0.15, -0.1) is 0 Å². The minimum atomic E-state index is -3.61. The van der Waals surface area contributed by atoms with Crippen molar-refractivity contribution in [3.05, 3.63) is 59.8 Å². The number of rotatable bonds is 3. The Bertz CT molecular complexity index is 1080. The van der Waals surface area contributed by atoms with Gasteiger partial charge in [0, 0.05) is 19.2 Å². The van der Waals surface area contributed by atoms with Crippen molar-refractivity contribution >= 4 is 26.4 Å². The largest absolute Gasteiger partial charge is 0.370 e. The van der Waals surface area contributed by atoms with Crippen LogP contribution in [-0.4, -0.2) is 21.5 Å². The number of anilines is 1. The van der Waals surface area contributed by atoms with E-state index in [0.717, 1.165) is 53.6 Å². The monoisotopic (exact) mass is 381 g/mol. The van der Waals surface area contributed by atoms with Crippen molar-refractivity contribution in [3.8, 4) is 0 Å². The van der Waals surface area contributed by atoms with Gasteiger partial charge in [-0.1, -0.05) is 23.8 Å². The van der Waals surface area contributed by atoms with Gasteiger partial charge in [-0.25, -0.2) is 13.4 Å². The zero-order valence-corrected chi connectivity index (χ0v) is 16.6. The molecule has 0 aliphatic carbocycles. The zero-order valence-electron chi connectivity index (χ0n) is 15.8. The maximum absolute atomic E-state index is 13.5. The number of sulfone groups is 1. The Balaban J connectivity index is 1.98. The molecule has 0 spiro atoms. The second-order valence-electron chi connectivity index (χ2n) is 7.41. The molecule has 1 saturated heterocycles. The molecule has 140 valence electrons. The number of pyridine rings is 1. The van der Waals surface area contributed by atoms with Gasteiger partial charge >= 0.3 is 0 Å². The van der Waals surface area contributed by atoms with Crippen LogP contribution in [0.3, 0.4) is 0 Å². The molecule has 1 fully saturated rings. The Morgan fingerprint density at radius 3 is 2.26 bits per heavy atom. The van der Waals surface area contributed by atoms with E-state index in [9.17, 15) is 8.42 Å². The van der Waals surface area contributed by atoms with E-state index in [2.05, 4.69) is 16.0 Å². The molecule has 1 aliphatic heterocycles. The Labute approximate surface area is 160 Å². The molecule has 0 unspecified atom stereocenters. The fraction of sp³-hybridized carbons (Fsp3) is 0.318. The van der Waals surface area contributed by atoms with Crippen molar-refractivity contribution in [3.63, 3.8) is 0 Å². The number of aromatic amines is 1. The van der Waals surface area contributed by atoms with E-state index in [4.69, 9.17) is 0 Å². The standard InChI is InChI=1S/C22H24N2O2S/c1-16-6-9-18(10-7-16)27(25,26)21-15-23-20-11-8-17(2)14-19(20)22(21)24-12-4-3-5-13-24/h6-11,14-15H,3-5,12-13H2,1-2H3/p+1.